The fourth-order valence-corrected chi connectivity index (χ4v) is 1.21. The predicted molar refractivity (Wildman–Crippen MR) is 51.5 cm³/mol. The average Bonchev–Trinajstić information content (AvgIpc) is 2.15. The highest BCUT2D eigenvalue weighted by Crippen LogP contribution is 2.22. The van der Waals surface area contributed by atoms with Crippen molar-refractivity contribution in [3.8, 4) is 0 Å². The summed E-state index contributed by atoms with van der Waals surface area (Å²) in [5.74, 6) is -3.04. The first kappa shape index (κ1) is 11.6. The summed E-state index contributed by atoms with van der Waals surface area (Å²) in [5.41, 5.74) is -1.91. The standard InChI is InChI=1S/C9H6NO6/c1-4-2-5(10(15)16)3-6(8(11)12)7(4)9(13)14/h2-3H,1H2,(H,11,12)(H,13,14). The zero-order valence-corrected chi connectivity index (χ0v) is 7.84. The van der Waals surface area contributed by atoms with Gasteiger partial charge in [0.2, 0.25) is 0 Å². The number of hydrogen-bond donors (Lipinski definition) is 2. The number of hydrogen-bond acceptors (Lipinski definition) is 4. The van der Waals surface area contributed by atoms with Crippen LogP contribution in [0.5, 0.6) is 0 Å². The quantitative estimate of drug-likeness (QED) is 0.587. The van der Waals surface area contributed by atoms with Crippen molar-refractivity contribution in [3.05, 3.63) is 45.9 Å². The van der Waals surface area contributed by atoms with Crippen LogP contribution in [0.25, 0.3) is 0 Å². The molecule has 0 amide bonds. The number of non-ortho nitro benzene ring substituents is 1. The molecule has 0 aliphatic carbocycles. The van der Waals surface area contributed by atoms with E-state index in [-0.39, 0.29) is 5.56 Å². The fourth-order valence-electron chi connectivity index (χ4n) is 1.21. The molecule has 83 valence electrons. The molecule has 0 aliphatic heterocycles. The largest absolute Gasteiger partial charge is 0.478 e. The Hall–Kier alpha value is -2.44. The number of aromatic carboxylic acids is 2. The Morgan fingerprint density at radius 2 is 1.81 bits per heavy atom. The van der Waals surface area contributed by atoms with Gasteiger partial charge in [0.25, 0.3) is 5.69 Å². The van der Waals surface area contributed by atoms with Crippen molar-refractivity contribution >= 4 is 17.6 Å². The van der Waals surface area contributed by atoms with Crippen molar-refractivity contribution in [3.63, 3.8) is 0 Å². The third kappa shape index (κ3) is 1.97. The van der Waals surface area contributed by atoms with Crippen molar-refractivity contribution in [2.75, 3.05) is 0 Å². The van der Waals surface area contributed by atoms with Crippen molar-refractivity contribution in [1.29, 1.82) is 0 Å². The van der Waals surface area contributed by atoms with Crippen LogP contribution in [0.4, 0.5) is 5.69 Å². The molecule has 7 heteroatoms. The molecule has 0 aliphatic rings. The fraction of sp³-hybridized carbons (Fsp3) is 0. The highest BCUT2D eigenvalue weighted by molar-refractivity contribution is 6.03. The maximum atomic E-state index is 10.8. The molecule has 1 aromatic carbocycles. The van der Waals surface area contributed by atoms with E-state index in [0.29, 0.717) is 6.07 Å². The van der Waals surface area contributed by atoms with Crippen LogP contribution in [-0.2, 0) is 0 Å². The second-order valence-corrected chi connectivity index (χ2v) is 2.89. The molecule has 0 spiro atoms. The molecule has 0 unspecified atom stereocenters. The molecule has 0 atom stereocenters. The third-order valence-corrected chi connectivity index (χ3v) is 1.86. The lowest BCUT2D eigenvalue weighted by atomic mass is 10.0. The Balaban J connectivity index is 3.58. The molecule has 1 radical (unpaired) electrons. The van der Waals surface area contributed by atoms with Crippen LogP contribution in [0.15, 0.2) is 12.1 Å². The molecule has 0 heterocycles. The van der Waals surface area contributed by atoms with Gasteiger partial charge in [-0.2, -0.15) is 0 Å². The van der Waals surface area contributed by atoms with Gasteiger partial charge in [0, 0.05) is 12.1 Å². The topological polar surface area (TPSA) is 118 Å². The SMILES string of the molecule is [CH2]c1cc([N+](=O)[O-])cc(C(=O)O)c1C(=O)O. The Morgan fingerprint density at radius 3 is 2.19 bits per heavy atom. The van der Waals surface area contributed by atoms with Gasteiger partial charge in [0.15, 0.2) is 0 Å². The van der Waals surface area contributed by atoms with Crippen LogP contribution in [0, 0.1) is 17.0 Å². The van der Waals surface area contributed by atoms with Crippen LogP contribution < -0.4 is 0 Å². The average molecular weight is 224 g/mol. The molecule has 0 aromatic heterocycles. The van der Waals surface area contributed by atoms with E-state index in [0.717, 1.165) is 6.07 Å². The van der Waals surface area contributed by atoms with Gasteiger partial charge in [-0.3, -0.25) is 10.1 Å². The summed E-state index contributed by atoms with van der Waals surface area (Å²) in [6.07, 6.45) is 0. The highest BCUT2D eigenvalue weighted by Gasteiger charge is 2.22. The monoisotopic (exact) mass is 224 g/mol. The van der Waals surface area contributed by atoms with E-state index in [9.17, 15) is 19.7 Å². The Kier molecular flexibility index (Phi) is 2.89. The van der Waals surface area contributed by atoms with Gasteiger partial charge in [-0.15, -0.1) is 0 Å². The number of benzene rings is 1. The van der Waals surface area contributed by atoms with E-state index in [4.69, 9.17) is 10.2 Å². The molecule has 16 heavy (non-hydrogen) atoms. The van der Waals surface area contributed by atoms with Crippen LogP contribution in [0.1, 0.15) is 26.3 Å². The Bertz CT molecular complexity index is 493. The van der Waals surface area contributed by atoms with Gasteiger partial charge in [-0.05, 0) is 12.5 Å². The van der Waals surface area contributed by atoms with E-state index in [1.807, 2.05) is 0 Å². The third-order valence-electron chi connectivity index (χ3n) is 1.86. The van der Waals surface area contributed by atoms with Crippen molar-refractivity contribution in [2.45, 2.75) is 0 Å². The minimum Gasteiger partial charge on any atom is -0.478 e. The Labute approximate surface area is 89.1 Å². The maximum absolute atomic E-state index is 10.8. The molecule has 1 rings (SSSR count). The van der Waals surface area contributed by atoms with Crippen molar-refractivity contribution in [2.24, 2.45) is 0 Å². The summed E-state index contributed by atoms with van der Waals surface area (Å²) in [5, 5.41) is 27.9. The number of nitro benzene ring substituents is 1. The van der Waals surface area contributed by atoms with Gasteiger partial charge in [0.1, 0.15) is 0 Å². The van der Waals surface area contributed by atoms with Crippen LogP contribution >= 0.6 is 0 Å². The molecule has 7 nitrogen and oxygen atoms in total. The van der Waals surface area contributed by atoms with Gasteiger partial charge < -0.3 is 10.2 Å². The van der Waals surface area contributed by atoms with E-state index < -0.39 is 33.7 Å². The van der Waals surface area contributed by atoms with E-state index in [1.54, 1.807) is 0 Å². The summed E-state index contributed by atoms with van der Waals surface area (Å²) in [6.45, 7) is 3.28. The normalized spacial score (nSPS) is 9.81. The highest BCUT2D eigenvalue weighted by atomic mass is 16.6. The number of carboxylic acid groups (broad SMARTS) is 2. The molecule has 2 N–H and O–H groups in total. The number of nitrogens with zero attached hydrogens (tertiary/aromatic N) is 1. The predicted octanol–water partition coefficient (Wildman–Crippen LogP) is 1.17. The molecule has 0 bridgehead atoms. The Morgan fingerprint density at radius 1 is 1.25 bits per heavy atom. The number of carboxylic acids is 2. The van der Waals surface area contributed by atoms with Gasteiger partial charge in [-0.25, -0.2) is 9.59 Å². The van der Waals surface area contributed by atoms with E-state index in [1.165, 1.54) is 0 Å². The zero-order chi connectivity index (χ0) is 12.5. The second kappa shape index (κ2) is 3.97. The summed E-state index contributed by atoms with van der Waals surface area (Å²) >= 11 is 0. The summed E-state index contributed by atoms with van der Waals surface area (Å²) in [6, 6.07) is 1.61. The number of rotatable bonds is 3. The first-order chi connectivity index (χ1) is 7.34. The maximum Gasteiger partial charge on any atom is 0.336 e. The summed E-state index contributed by atoms with van der Waals surface area (Å²) in [4.78, 5) is 31.1. The molecule has 0 saturated heterocycles. The van der Waals surface area contributed by atoms with E-state index in [2.05, 4.69) is 6.92 Å². The molecular formula is C9H6NO6. The smallest absolute Gasteiger partial charge is 0.336 e. The molecular weight excluding hydrogens is 218 g/mol. The summed E-state index contributed by atoms with van der Waals surface area (Å²) < 4.78 is 0. The van der Waals surface area contributed by atoms with Crippen molar-refractivity contribution < 1.29 is 24.7 Å². The van der Waals surface area contributed by atoms with Gasteiger partial charge >= 0.3 is 11.9 Å². The van der Waals surface area contributed by atoms with Gasteiger partial charge in [0.05, 0.1) is 16.1 Å². The first-order valence-electron chi connectivity index (χ1n) is 3.95. The zero-order valence-electron chi connectivity index (χ0n) is 7.84. The molecule has 0 saturated carbocycles. The molecule has 1 aromatic rings. The number of nitro groups is 1. The van der Waals surface area contributed by atoms with E-state index >= 15 is 0 Å². The van der Waals surface area contributed by atoms with Crippen LogP contribution in [0.2, 0.25) is 0 Å². The minimum atomic E-state index is -1.55. The molecule has 0 fully saturated rings. The van der Waals surface area contributed by atoms with Crippen LogP contribution in [0.3, 0.4) is 0 Å². The summed E-state index contributed by atoms with van der Waals surface area (Å²) in [7, 11) is 0. The lowest BCUT2D eigenvalue weighted by Gasteiger charge is -2.04. The number of carbonyl (C=O) groups is 2. The minimum absolute atomic E-state index is 0.209. The first-order valence-corrected chi connectivity index (χ1v) is 3.95. The van der Waals surface area contributed by atoms with Gasteiger partial charge in [-0.1, -0.05) is 0 Å². The van der Waals surface area contributed by atoms with Crippen molar-refractivity contribution in [1.82, 2.24) is 0 Å². The van der Waals surface area contributed by atoms with Crippen LogP contribution in [-0.4, -0.2) is 27.1 Å². The lowest BCUT2D eigenvalue weighted by molar-refractivity contribution is -0.384. The second-order valence-electron chi connectivity index (χ2n) is 2.89. The lowest BCUT2D eigenvalue weighted by Crippen LogP contribution is -2.11.